The Morgan fingerprint density at radius 2 is 2.19 bits per heavy atom. The largest absolute Gasteiger partial charge is 0.318 e. The molecule has 1 saturated heterocycles. The molecule has 0 aromatic carbocycles. The van der Waals surface area contributed by atoms with Crippen molar-refractivity contribution in [3.8, 4) is 0 Å². The molecule has 1 amide bonds. The van der Waals surface area contributed by atoms with E-state index in [1.54, 1.807) is 12.3 Å². The Bertz CT molecular complexity index is 630. The molecule has 3 rings (SSSR count). The van der Waals surface area contributed by atoms with E-state index in [9.17, 15) is 4.79 Å². The minimum atomic E-state index is -0.205. The van der Waals surface area contributed by atoms with Gasteiger partial charge in [0.15, 0.2) is 0 Å². The summed E-state index contributed by atoms with van der Waals surface area (Å²) in [5.74, 6) is -0.205. The molecule has 0 bridgehead atoms. The van der Waals surface area contributed by atoms with Crippen LogP contribution in [0.3, 0.4) is 0 Å². The maximum atomic E-state index is 12.1. The number of hydrogen-bond acceptors (Lipinski definition) is 4. The standard InChI is InChI=1S/C15H19N5O/c1-11-3-2-4-14(18-11)15(21)19-12-9-17-20(10-12)13-5-7-16-8-6-13/h2-4,9-10,13,16H,5-8H2,1H3,(H,19,21). The van der Waals surface area contributed by atoms with E-state index in [2.05, 4.69) is 20.7 Å². The van der Waals surface area contributed by atoms with Crippen molar-refractivity contribution >= 4 is 11.6 Å². The summed E-state index contributed by atoms with van der Waals surface area (Å²) in [6, 6.07) is 5.82. The van der Waals surface area contributed by atoms with Gasteiger partial charge in [0, 0.05) is 11.9 Å². The first-order valence-corrected chi connectivity index (χ1v) is 7.22. The lowest BCUT2D eigenvalue weighted by atomic mass is 10.1. The van der Waals surface area contributed by atoms with E-state index < -0.39 is 0 Å². The fourth-order valence-electron chi connectivity index (χ4n) is 2.54. The van der Waals surface area contributed by atoms with E-state index in [1.807, 2.05) is 29.9 Å². The molecule has 1 fully saturated rings. The van der Waals surface area contributed by atoms with Gasteiger partial charge in [0.05, 0.1) is 17.9 Å². The zero-order chi connectivity index (χ0) is 14.7. The van der Waals surface area contributed by atoms with Crippen molar-refractivity contribution in [1.82, 2.24) is 20.1 Å². The number of nitrogens with zero attached hydrogens (tertiary/aromatic N) is 3. The predicted octanol–water partition coefficient (Wildman–Crippen LogP) is 1.76. The second kappa shape index (κ2) is 6.05. The number of rotatable bonds is 3. The molecular formula is C15H19N5O. The highest BCUT2D eigenvalue weighted by molar-refractivity contribution is 6.02. The maximum absolute atomic E-state index is 12.1. The van der Waals surface area contributed by atoms with Gasteiger partial charge in [-0.05, 0) is 45.0 Å². The lowest BCUT2D eigenvalue weighted by Crippen LogP contribution is -2.29. The highest BCUT2D eigenvalue weighted by Crippen LogP contribution is 2.19. The van der Waals surface area contributed by atoms with Crippen LogP contribution in [0.2, 0.25) is 0 Å². The van der Waals surface area contributed by atoms with E-state index in [0.29, 0.717) is 17.4 Å². The number of nitrogens with one attached hydrogen (secondary N) is 2. The van der Waals surface area contributed by atoms with Crippen molar-refractivity contribution in [2.24, 2.45) is 0 Å². The molecule has 6 nitrogen and oxygen atoms in total. The first-order chi connectivity index (χ1) is 10.2. The van der Waals surface area contributed by atoms with Gasteiger partial charge in [-0.15, -0.1) is 0 Å². The SMILES string of the molecule is Cc1cccc(C(=O)Nc2cnn(C3CCNCC3)c2)n1. The summed E-state index contributed by atoms with van der Waals surface area (Å²) in [7, 11) is 0. The van der Waals surface area contributed by atoms with Gasteiger partial charge >= 0.3 is 0 Å². The number of anilines is 1. The molecule has 1 aliphatic rings. The summed E-state index contributed by atoms with van der Waals surface area (Å²) in [4.78, 5) is 16.3. The van der Waals surface area contributed by atoms with Gasteiger partial charge in [-0.2, -0.15) is 5.10 Å². The molecule has 3 heterocycles. The molecule has 2 aromatic rings. The third-order valence-electron chi connectivity index (χ3n) is 3.66. The quantitative estimate of drug-likeness (QED) is 0.901. The number of hydrogen-bond donors (Lipinski definition) is 2. The molecule has 21 heavy (non-hydrogen) atoms. The zero-order valence-corrected chi connectivity index (χ0v) is 12.0. The van der Waals surface area contributed by atoms with Crippen LogP contribution in [0.4, 0.5) is 5.69 Å². The van der Waals surface area contributed by atoms with Crippen molar-refractivity contribution in [1.29, 1.82) is 0 Å². The van der Waals surface area contributed by atoms with Crippen molar-refractivity contribution < 1.29 is 4.79 Å². The lowest BCUT2D eigenvalue weighted by molar-refractivity contribution is 0.102. The minimum Gasteiger partial charge on any atom is -0.318 e. The van der Waals surface area contributed by atoms with Crippen LogP contribution in [-0.4, -0.2) is 33.8 Å². The summed E-state index contributed by atoms with van der Waals surface area (Å²) in [5, 5.41) is 10.5. The molecule has 2 N–H and O–H groups in total. The second-order valence-corrected chi connectivity index (χ2v) is 5.31. The Morgan fingerprint density at radius 3 is 2.95 bits per heavy atom. The fraction of sp³-hybridized carbons (Fsp3) is 0.400. The molecule has 0 spiro atoms. The molecule has 1 aliphatic heterocycles. The normalized spacial score (nSPS) is 15.9. The van der Waals surface area contributed by atoms with Gasteiger partial charge in [0.2, 0.25) is 0 Å². The van der Waals surface area contributed by atoms with Gasteiger partial charge in [0.25, 0.3) is 5.91 Å². The third kappa shape index (κ3) is 3.28. The third-order valence-corrected chi connectivity index (χ3v) is 3.66. The molecule has 0 radical (unpaired) electrons. The number of carbonyl (C=O) groups excluding carboxylic acids is 1. The van der Waals surface area contributed by atoms with Gasteiger partial charge < -0.3 is 10.6 Å². The van der Waals surface area contributed by atoms with Gasteiger partial charge in [-0.3, -0.25) is 9.48 Å². The monoisotopic (exact) mass is 285 g/mol. The summed E-state index contributed by atoms with van der Waals surface area (Å²) < 4.78 is 1.94. The number of carbonyl (C=O) groups is 1. The first-order valence-electron chi connectivity index (χ1n) is 7.22. The fourth-order valence-corrected chi connectivity index (χ4v) is 2.54. The van der Waals surface area contributed by atoms with Crippen molar-refractivity contribution in [2.75, 3.05) is 18.4 Å². The molecule has 110 valence electrons. The Hall–Kier alpha value is -2.21. The number of aromatic nitrogens is 3. The average Bonchev–Trinajstić information content (AvgIpc) is 2.97. The molecule has 2 aromatic heterocycles. The first kappa shape index (κ1) is 13.8. The maximum Gasteiger partial charge on any atom is 0.274 e. The van der Waals surface area contributed by atoms with E-state index in [1.165, 1.54) is 0 Å². The van der Waals surface area contributed by atoms with Crippen LogP contribution in [0, 0.1) is 6.92 Å². The van der Waals surface area contributed by atoms with Crippen LogP contribution in [0.5, 0.6) is 0 Å². The van der Waals surface area contributed by atoms with Crippen molar-refractivity contribution in [2.45, 2.75) is 25.8 Å². The zero-order valence-electron chi connectivity index (χ0n) is 12.0. The Balaban J connectivity index is 1.68. The van der Waals surface area contributed by atoms with Crippen LogP contribution in [0.1, 0.15) is 35.1 Å². The Labute approximate surface area is 123 Å². The summed E-state index contributed by atoms with van der Waals surface area (Å²) in [6.07, 6.45) is 5.71. The Morgan fingerprint density at radius 1 is 1.38 bits per heavy atom. The number of piperidine rings is 1. The van der Waals surface area contributed by atoms with Gasteiger partial charge in [-0.25, -0.2) is 4.98 Å². The molecule has 0 aliphatic carbocycles. The topological polar surface area (TPSA) is 71.8 Å². The summed E-state index contributed by atoms with van der Waals surface area (Å²) in [6.45, 7) is 3.89. The van der Waals surface area contributed by atoms with E-state index in [4.69, 9.17) is 0 Å². The lowest BCUT2D eigenvalue weighted by Gasteiger charge is -2.22. The molecule has 0 atom stereocenters. The van der Waals surface area contributed by atoms with E-state index in [-0.39, 0.29) is 5.91 Å². The highest BCUT2D eigenvalue weighted by Gasteiger charge is 2.16. The summed E-state index contributed by atoms with van der Waals surface area (Å²) >= 11 is 0. The molecule has 0 saturated carbocycles. The van der Waals surface area contributed by atoms with E-state index >= 15 is 0 Å². The van der Waals surface area contributed by atoms with E-state index in [0.717, 1.165) is 31.6 Å². The minimum absolute atomic E-state index is 0.205. The number of aryl methyl sites for hydroxylation is 1. The van der Waals surface area contributed by atoms with Crippen LogP contribution >= 0.6 is 0 Å². The molecular weight excluding hydrogens is 266 g/mol. The number of amides is 1. The smallest absolute Gasteiger partial charge is 0.274 e. The van der Waals surface area contributed by atoms with Crippen molar-refractivity contribution in [3.63, 3.8) is 0 Å². The molecule has 6 heteroatoms. The van der Waals surface area contributed by atoms with Crippen LogP contribution < -0.4 is 10.6 Å². The highest BCUT2D eigenvalue weighted by atomic mass is 16.1. The number of pyridine rings is 1. The van der Waals surface area contributed by atoms with Crippen LogP contribution in [-0.2, 0) is 0 Å². The van der Waals surface area contributed by atoms with Gasteiger partial charge in [0.1, 0.15) is 5.69 Å². The van der Waals surface area contributed by atoms with Crippen LogP contribution in [0.25, 0.3) is 0 Å². The Kier molecular flexibility index (Phi) is 3.96. The average molecular weight is 285 g/mol. The predicted molar refractivity (Wildman–Crippen MR) is 80.3 cm³/mol. The second-order valence-electron chi connectivity index (χ2n) is 5.31. The van der Waals surface area contributed by atoms with Crippen LogP contribution in [0.15, 0.2) is 30.6 Å². The van der Waals surface area contributed by atoms with Crippen molar-refractivity contribution in [3.05, 3.63) is 42.0 Å². The summed E-state index contributed by atoms with van der Waals surface area (Å²) in [5.41, 5.74) is 1.96. The van der Waals surface area contributed by atoms with Gasteiger partial charge in [-0.1, -0.05) is 6.07 Å². The molecule has 0 unspecified atom stereocenters.